The van der Waals surface area contributed by atoms with Crippen LogP contribution in [0.5, 0.6) is 5.75 Å². The number of nitrogens with zero attached hydrogens (tertiary/aromatic N) is 1. The third-order valence-electron chi connectivity index (χ3n) is 5.38. The van der Waals surface area contributed by atoms with Crippen LogP contribution >= 0.6 is 12.6 Å². The Morgan fingerprint density at radius 3 is 1.97 bits per heavy atom. The smallest absolute Gasteiger partial charge is 0.326 e. The van der Waals surface area contributed by atoms with E-state index in [1.54, 1.807) is 12.1 Å². The highest BCUT2D eigenvalue weighted by Crippen LogP contribution is 2.11. The first-order valence-corrected chi connectivity index (χ1v) is 12.5. The highest BCUT2D eigenvalue weighted by atomic mass is 32.1. The van der Waals surface area contributed by atoms with Crippen molar-refractivity contribution >= 4 is 48.2 Å². The van der Waals surface area contributed by atoms with Crippen LogP contribution in [0.2, 0.25) is 0 Å². The second-order valence-electron chi connectivity index (χ2n) is 8.56. The number of thiol groups is 1. The molecule has 4 unspecified atom stereocenters. The minimum absolute atomic E-state index is 0.0360. The molecular formula is C23H35N7O8S. The summed E-state index contributed by atoms with van der Waals surface area (Å²) in [5.74, 6) is -5.35. The van der Waals surface area contributed by atoms with E-state index in [2.05, 4.69) is 33.6 Å². The lowest BCUT2D eigenvalue weighted by Gasteiger charge is -2.24. The van der Waals surface area contributed by atoms with E-state index >= 15 is 0 Å². The van der Waals surface area contributed by atoms with Crippen LogP contribution in [0.3, 0.4) is 0 Å². The molecule has 15 nitrogen and oxygen atoms in total. The van der Waals surface area contributed by atoms with Crippen LogP contribution in [0, 0.1) is 0 Å². The van der Waals surface area contributed by atoms with Gasteiger partial charge in [0.2, 0.25) is 17.7 Å². The Kier molecular flexibility index (Phi) is 14.1. The van der Waals surface area contributed by atoms with Crippen LogP contribution in [0.1, 0.15) is 31.2 Å². The molecule has 1 aromatic carbocycles. The summed E-state index contributed by atoms with van der Waals surface area (Å²) in [6.07, 6.45) is -0.557. The third-order valence-corrected chi connectivity index (χ3v) is 5.75. The maximum Gasteiger partial charge on any atom is 0.326 e. The Labute approximate surface area is 230 Å². The van der Waals surface area contributed by atoms with Gasteiger partial charge in [0.1, 0.15) is 23.9 Å². The number of phenols is 1. The number of nitrogens with one attached hydrogen (secondary N) is 3. The molecule has 0 aliphatic rings. The summed E-state index contributed by atoms with van der Waals surface area (Å²) in [6, 6.07) is 0.987. The fraction of sp³-hybridized carbons (Fsp3) is 0.478. The van der Waals surface area contributed by atoms with Gasteiger partial charge in [-0.25, -0.2) is 4.79 Å². The Hall–Kier alpha value is -4.05. The fourth-order valence-corrected chi connectivity index (χ4v) is 3.55. The molecule has 0 fully saturated rings. The summed E-state index contributed by atoms with van der Waals surface area (Å²) in [7, 11) is 0. The Balaban J connectivity index is 2.86. The number of carbonyl (C=O) groups excluding carboxylic acids is 3. The SMILES string of the molecule is NC(N)=NCCCC(NC(=O)C(CCC(=O)O)NC(=O)C(CS)NC(=O)C(N)Cc1ccc(O)cc1)C(=O)O. The van der Waals surface area contributed by atoms with E-state index in [1.165, 1.54) is 12.1 Å². The minimum atomic E-state index is -1.42. The van der Waals surface area contributed by atoms with Crippen molar-refractivity contribution in [3.05, 3.63) is 29.8 Å². The van der Waals surface area contributed by atoms with Gasteiger partial charge >= 0.3 is 11.9 Å². The van der Waals surface area contributed by atoms with E-state index in [0.717, 1.165) is 0 Å². The van der Waals surface area contributed by atoms with Gasteiger partial charge in [-0.1, -0.05) is 12.1 Å². The Morgan fingerprint density at radius 1 is 0.872 bits per heavy atom. The van der Waals surface area contributed by atoms with Gasteiger partial charge in [0.05, 0.1) is 6.04 Å². The molecular weight excluding hydrogens is 534 g/mol. The monoisotopic (exact) mass is 569 g/mol. The van der Waals surface area contributed by atoms with Crippen molar-refractivity contribution in [2.75, 3.05) is 12.3 Å². The van der Waals surface area contributed by atoms with Crippen molar-refractivity contribution in [2.24, 2.45) is 22.2 Å². The first kappa shape index (κ1) is 33.0. The normalized spacial score (nSPS) is 13.7. The quantitative estimate of drug-likeness (QED) is 0.0410. The van der Waals surface area contributed by atoms with Crippen LogP contribution in [0.15, 0.2) is 29.3 Å². The van der Waals surface area contributed by atoms with Gasteiger partial charge < -0.3 is 48.5 Å². The number of carbonyl (C=O) groups is 5. The maximum atomic E-state index is 12.9. The predicted octanol–water partition coefficient (Wildman–Crippen LogP) is -2.35. The zero-order chi connectivity index (χ0) is 29.5. The predicted molar refractivity (Wildman–Crippen MR) is 144 cm³/mol. The van der Waals surface area contributed by atoms with E-state index in [4.69, 9.17) is 22.3 Å². The molecule has 1 aromatic rings. The number of phenolic OH excluding ortho intramolecular Hbond substituents is 1. The van der Waals surface area contributed by atoms with Crippen molar-refractivity contribution in [1.82, 2.24) is 16.0 Å². The van der Waals surface area contributed by atoms with E-state index in [9.17, 15) is 34.2 Å². The largest absolute Gasteiger partial charge is 0.508 e. The number of hydrogen-bond donors (Lipinski definition) is 10. The second-order valence-corrected chi connectivity index (χ2v) is 8.93. The zero-order valence-electron chi connectivity index (χ0n) is 21.1. The lowest BCUT2D eigenvalue weighted by molar-refractivity contribution is -0.143. The van der Waals surface area contributed by atoms with Gasteiger partial charge in [-0.15, -0.1) is 0 Å². The molecule has 12 N–H and O–H groups in total. The third kappa shape index (κ3) is 12.8. The molecule has 0 radical (unpaired) electrons. The molecule has 0 aromatic heterocycles. The van der Waals surface area contributed by atoms with Crippen molar-refractivity contribution < 1.29 is 39.3 Å². The molecule has 4 atom stereocenters. The number of benzene rings is 1. The molecule has 0 saturated carbocycles. The van der Waals surface area contributed by atoms with Crippen molar-refractivity contribution in [2.45, 2.75) is 56.3 Å². The number of carboxylic acids is 2. The summed E-state index contributed by atoms with van der Waals surface area (Å²) in [5, 5.41) is 34.9. The molecule has 0 aliphatic carbocycles. The molecule has 1 rings (SSSR count). The van der Waals surface area contributed by atoms with Crippen molar-refractivity contribution in [3.8, 4) is 5.75 Å². The van der Waals surface area contributed by atoms with Gasteiger partial charge in [0, 0.05) is 18.7 Å². The number of aliphatic carboxylic acids is 2. The second kappa shape index (κ2) is 16.7. The van der Waals surface area contributed by atoms with Gasteiger partial charge in [-0.3, -0.25) is 24.2 Å². The molecule has 0 heterocycles. The average Bonchev–Trinajstić information content (AvgIpc) is 2.87. The van der Waals surface area contributed by atoms with Crippen LogP contribution < -0.4 is 33.2 Å². The molecule has 39 heavy (non-hydrogen) atoms. The molecule has 16 heteroatoms. The molecule has 0 aliphatic heterocycles. The first-order valence-electron chi connectivity index (χ1n) is 11.9. The zero-order valence-corrected chi connectivity index (χ0v) is 22.0. The number of carboxylic acid groups (broad SMARTS) is 2. The van der Waals surface area contributed by atoms with Crippen molar-refractivity contribution in [3.63, 3.8) is 0 Å². The average molecular weight is 570 g/mol. The summed E-state index contributed by atoms with van der Waals surface area (Å²) in [5.41, 5.74) is 17.0. The topological polar surface area (TPSA) is 273 Å². The highest BCUT2D eigenvalue weighted by molar-refractivity contribution is 7.80. The van der Waals surface area contributed by atoms with E-state index < -0.39 is 60.2 Å². The summed E-state index contributed by atoms with van der Waals surface area (Å²) < 4.78 is 0. The van der Waals surface area contributed by atoms with Gasteiger partial charge in [-0.2, -0.15) is 12.6 Å². The van der Waals surface area contributed by atoms with E-state index in [0.29, 0.717) is 5.56 Å². The summed E-state index contributed by atoms with van der Waals surface area (Å²) in [4.78, 5) is 64.7. The van der Waals surface area contributed by atoms with Gasteiger partial charge in [0.15, 0.2) is 5.96 Å². The lowest BCUT2D eigenvalue weighted by Crippen LogP contribution is -2.57. The number of hydrogen-bond acceptors (Lipinski definition) is 9. The number of nitrogens with two attached hydrogens (primary N) is 3. The Bertz CT molecular complexity index is 1030. The number of rotatable bonds is 17. The Morgan fingerprint density at radius 2 is 1.44 bits per heavy atom. The van der Waals surface area contributed by atoms with Gasteiger partial charge in [0.25, 0.3) is 0 Å². The summed E-state index contributed by atoms with van der Waals surface area (Å²) in [6.45, 7) is 0.124. The number of amides is 3. The van der Waals surface area contributed by atoms with Gasteiger partial charge in [-0.05, 0) is 43.4 Å². The maximum absolute atomic E-state index is 12.9. The molecule has 216 valence electrons. The van der Waals surface area contributed by atoms with Crippen LogP contribution in [-0.2, 0) is 30.4 Å². The lowest BCUT2D eigenvalue weighted by atomic mass is 10.1. The fourth-order valence-electron chi connectivity index (χ4n) is 3.29. The molecule has 0 bridgehead atoms. The van der Waals surface area contributed by atoms with Crippen LogP contribution in [0.25, 0.3) is 0 Å². The first-order chi connectivity index (χ1) is 18.3. The summed E-state index contributed by atoms with van der Waals surface area (Å²) >= 11 is 4.07. The molecule has 3 amide bonds. The standard InChI is InChI=1S/C23H35N7O8S/c24-14(10-12-3-5-13(31)6-4-12)19(34)30-17(11-39)21(36)28-15(7-8-18(32)33)20(35)29-16(22(37)38)2-1-9-27-23(25)26/h3-6,14-17,31,39H,1-2,7-11,24H2,(H,28,36)(H,29,35)(H,30,34)(H,32,33)(H,37,38)(H4,25,26,27). The number of aliphatic imine (C=N–C) groups is 1. The van der Waals surface area contributed by atoms with Crippen molar-refractivity contribution in [1.29, 1.82) is 0 Å². The minimum Gasteiger partial charge on any atom is -0.508 e. The van der Waals surface area contributed by atoms with Crippen LogP contribution in [-0.4, -0.2) is 87.4 Å². The molecule has 0 spiro atoms. The van der Waals surface area contributed by atoms with Crippen LogP contribution in [0.4, 0.5) is 0 Å². The number of guanidine groups is 1. The number of aromatic hydroxyl groups is 1. The van der Waals surface area contributed by atoms with E-state index in [1.807, 2.05) is 0 Å². The molecule has 0 saturated heterocycles. The van der Waals surface area contributed by atoms with E-state index in [-0.39, 0.29) is 49.7 Å². The highest BCUT2D eigenvalue weighted by Gasteiger charge is 2.30.